The van der Waals surface area contributed by atoms with E-state index in [2.05, 4.69) is 9.97 Å². The van der Waals surface area contributed by atoms with Crippen LogP contribution in [0.3, 0.4) is 0 Å². The average molecular weight is 551 g/mol. The number of aromatic nitrogens is 3. The minimum absolute atomic E-state index is 0.115. The summed E-state index contributed by atoms with van der Waals surface area (Å²) >= 11 is 13.8. The van der Waals surface area contributed by atoms with Crippen molar-refractivity contribution < 1.29 is 14.6 Å². The van der Waals surface area contributed by atoms with E-state index in [4.69, 9.17) is 27.9 Å². The van der Waals surface area contributed by atoms with Crippen LogP contribution in [-0.2, 0) is 6.54 Å². The fraction of sp³-hybridized carbons (Fsp3) is 0.115. The number of carboxylic acid groups (broad SMARTS) is 1. The Morgan fingerprint density at radius 2 is 2.00 bits per heavy atom. The maximum Gasteiger partial charge on any atom is 0.338 e. The lowest BCUT2D eigenvalue weighted by Crippen LogP contribution is -2.27. The molecule has 0 saturated heterocycles. The highest BCUT2D eigenvalue weighted by Gasteiger charge is 2.19. The van der Waals surface area contributed by atoms with Gasteiger partial charge in [-0.3, -0.25) is 14.3 Å². The SMILES string of the molecule is Cc1nc2c(Cl)ccc(C#N)c2c(=O)n1CCOc1ccc(Cl)cc1-c1ccnc2c(C(=O)O)csc12. The summed E-state index contributed by atoms with van der Waals surface area (Å²) in [6, 6.07) is 12.0. The van der Waals surface area contributed by atoms with Crippen LogP contribution in [0.25, 0.3) is 32.2 Å². The van der Waals surface area contributed by atoms with Crippen molar-refractivity contribution in [3.05, 3.63) is 85.3 Å². The Bertz CT molecular complexity index is 1820. The van der Waals surface area contributed by atoms with Crippen molar-refractivity contribution in [2.75, 3.05) is 6.61 Å². The van der Waals surface area contributed by atoms with Gasteiger partial charge in [-0.15, -0.1) is 11.3 Å². The number of hydrogen-bond acceptors (Lipinski definition) is 7. The third-order valence-electron chi connectivity index (χ3n) is 5.86. The molecular weight excluding hydrogens is 535 g/mol. The van der Waals surface area contributed by atoms with E-state index in [1.807, 2.05) is 6.07 Å². The molecule has 5 rings (SSSR count). The summed E-state index contributed by atoms with van der Waals surface area (Å²) in [6.07, 6.45) is 1.54. The quantitative estimate of drug-likeness (QED) is 0.278. The molecule has 8 nitrogen and oxygen atoms in total. The second-order valence-corrected chi connectivity index (χ2v) is 9.75. The molecule has 3 aromatic heterocycles. The fourth-order valence-corrected chi connectivity index (χ4v) is 5.53. The molecule has 2 aromatic carbocycles. The predicted octanol–water partition coefficient (Wildman–Crippen LogP) is 5.94. The smallest absolute Gasteiger partial charge is 0.338 e. The second-order valence-electron chi connectivity index (χ2n) is 8.03. The molecule has 0 aliphatic rings. The highest BCUT2D eigenvalue weighted by Crippen LogP contribution is 2.39. The first kappa shape index (κ1) is 24.7. The Labute approximate surface area is 223 Å². The Kier molecular flexibility index (Phi) is 6.56. The lowest BCUT2D eigenvalue weighted by Gasteiger charge is -2.15. The summed E-state index contributed by atoms with van der Waals surface area (Å²) in [4.78, 5) is 33.5. The van der Waals surface area contributed by atoms with Crippen molar-refractivity contribution in [3.63, 3.8) is 0 Å². The summed E-state index contributed by atoms with van der Waals surface area (Å²) in [5, 5.41) is 21.4. The van der Waals surface area contributed by atoms with Crippen molar-refractivity contribution in [2.24, 2.45) is 0 Å². The molecule has 37 heavy (non-hydrogen) atoms. The Hall–Kier alpha value is -3.97. The molecule has 0 amide bonds. The van der Waals surface area contributed by atoms with E-state index in [1.165, 1.54) is 22.0 Å². The van der Waals surface area contributed by atoms with Crippen molar-refractivity contribution >= 4 is 61.6 Å². The van der Waals surface area contributed by atoms with Gasteiger partial charge >= 0.3 is 5.97 Å². The topological polar surface area (TPSA) is 118 Å². The zero-order valence-electron chi connectivity index (χ0n) is 19.2. The van der Waals surface area contributed by atoms with Crippen LogP contribution < -0.4 is 10.3 Å². The third kappa shape index (κ3) is 4.40. The number of benzene rings is 2. The lowest BCUT2D eigenvalue weighted by atomic mass is 10.0. The molecule has 0 spiro atoms. The van der Waals surface area contributed by atoms with Gasteiger partial charge in [0.05, 0.1) is 43.8 Å². The summed E-state index contributed by atoms with van der Waals surface area (Å²) < 4.78 is 8.22. The van der Waals surface area contributed by atoms with Gasteiger partial charge in [-0.05, 0) is 43.3 Å². The number of aryl methyl sites for hydroxylation is 1. The van der Waals surface area contributed by atoms with Gasteiger partial charge in [0.1, 0.15) is 24.3 Å². The van der Waals surface area contributed by atoms with Gasteiger partial charge < -0.3 is 9.84 Å². The van der Waals surface area contributed by atoms with E-state index in [0.717, 1.165) is 5.56 Å². The van der Waals surface area contributed by atoms with Crippen LogP contribution >= 0.6 is 34.5 Å². The molecule has 0 fully saturated rings. The number of hydrogen-bond donors (Lipinski definition) is 1. The van der Waals surface area contributed by atoms with Crippen molar-refractivity contribution in [1.82, 2.24) is 14.5 Å². The van der Waals surface area contributed by atoms with Crippen LogP contribution in [0.1, 0.15) is 21.7 Å². The number of thiophene rings is 1. The third-order valence-corrected chi connectivity index (χ3v) is 7.40. The van der Waals surface area contributed by atoms with E-state index in [0.29, 0.717) is 42.9 Å². The lowest BCUT2D eigenvalue weighted by molar-refractivity contribution is 0.0699. The number of ether oxygens (including phenoxy) is 1. The molecule has 0 bridgehead atoms. The number of aromatic carboxylic acids is 1. The van der Waals surface area contributed by atoms with Gasteiger partial charge in [-0.25, -0.2) is 9.78 Å². The fourth-order valence-electron chi connectivity index (χ4n) is 4.13. The normalized spacial score (nSPS) is 11.1. The summed E-state index contributed by atoms with van der Waals surface area (Å²) in [5.41, 5.74) is 2.02. The summed E-state index contributed by atoms with van der Waals surface area (Å²) in [6.45, 7) is 1.97. The Balaban J connectivity index is 1.50. The molecule has 11 heteroatoms. The van der Waals surface area contributed by atoms with Gasteiger partial charge in [-0.1, -0.05) is 23.2 Å². The van der Waals surface area contributed by atoms with Gasteiger partial charge in [0.25, 0.3) is 5.56 Å². The molecule has 0 atom stereocenters. The maximum absolute atomic E-state index is 13.2. The van der Waals surface area contributed by atoms with Crippen LogP contribution in [0.15, 0.2) is 52.8 Å². The molecule has 0 unspecified atom stereocenters. The van der Waals surface area contributed by atoms with Crippen LogP contribution in [0.4, 0.5) is 0 Å². The monoisotopic (exact) mass is 550 g/mol. The molecule has 3 heterocycles. The number of carbonyl (C=O) groups is 1. The first-order chi connectivity index (χ1) is 17.8. The Morgan fingerprint density at radius 3 is 2.76 bits per heavy atom. The summed E-state index contributed by atoms with van der Waals surface area (Å²) in [5.74, 6) is -0.114. The van der Waals surface area contributed by atoms with E-state index in [9.17, 15) is 20.0 Å². The Morgan fingerprint density at radius 1 is 1.19 bits per heavy atom. The minimum atomic E-state index is -1.05. The maximum atomic E-state index is 13.2. The molecule has 184 valence electrons. The number of nitriles is 1. The minimum Gasteiger partial charge on any atom is -0.491 e. The molecule has 0 aliphatic heterocycles. The molecule has 0 radical (unpaired) electrons. The first-order valence-corrected chi connectivity index (χ1v) is 12.6. The van der Waals surface area contributed by atoms with Gasteiger partial charge in [0.2, 0.25) is 0 Å². The van der Waals surface area contributed by atoms with Crippen molar-refractivity contribution in [2.45, 2.75) is 13.5 Å². The van der Waals surface area contributed by atoms with Gasteiger partial charge in [0, 0.05) is 27.7 Å². The van der Waals surface area contributed by atoms with Crippen LogP contribution in [0.5, 0.6) is 5.75 Å². The number of nitrogens with zero attached hydrogens (tertiary/aromatic N) is 4. The van der Waals surface area contributed by atoms with Gasteiger partial charge in [0.15, 0.2) is 0 Å². The number of pyridine rings is 1. The molecule has 0 saturated carbocycles. The van der Waals surface area contributed by atoms with Crippen LogP contribution in [0, 0.1) is 18.3 Å². The zero-order valence-corrected chi connectivity index (χ0v) is 21.5. The summed E-state index contributed by atoms with van der Waals surface area (Å²) in [7, 11) is 0. The second kappa shape index (κ2) is 9.82. The average Bonchev–Trinajstić information content (AvgIpc) is 3.32. The van der Waals surface area contributed by atoms with E-state index in [-0.39, 0.29) is 35.2 Å². The van der Waals surface area contributed by atoms with E-state index >= 15 is 0 Å². The number of rotatable bonds is 6. The van der Waals surface area contributed by atoms with Crippen molar-refractivity contribution in [3.8, 4) is 22.9 Å². The number of carboxylic acids is 1. The molecule has 1 N–H and O–H groups in total. The zero-order chi connectivity index (χ0) is 26.3. The van der Waals surface area contributed by atoms with Crippen LogP contribution in [0.2, 0.25) is 10.0 Å². The number of fused-ring (bicyclic) bond motifs is 2. The molecule has 0 aliphatic carbocycles. The highest BCUT2D eigenvalue weighted by atomic mass is 35.5. The van der Waals surface area contributed by atoms with Crippen molar-refractivity contribution in [1.29, 1.82) is 5.26 Å². The molecule has 5 aromatic rings. The predicted molar refractivity (Wildman–Crippen MR) is 143 cm³/mol. The first-order valence-electron chi connectivity index (χ1n) is 10.9. The highest BCUT2D eigenvalue weighted by molar-refractivity contribution is 7.18. The van der Waals surface area contributed by atoms with E-state index < -0.39 is 5.97 Å². The van der Waals surface area contributed by atoms with Crippen LogP contribution in [-0.4, -0.2) is 32.2 Å². The number of halogens is 2. The van der Waals surface area contributed by atoms with E-state index in [1.54, 1.807) is 48.8 Å². The van der Waals surface area contributed by atoms with Gasteiger partial charge in [-0.2, -0.15) is 5.26 Å². The standard InChI is InChI=1S/C26H16Cl2N4O4S/c1-13-31-23-19(28)4-2-14(11-29)21(23)25(33)32(13)8-9-36-20-5-3-15(27)10-17(20)16-6-7-30-22-18(26(34)35)12-37-24(16)22/h2-7,10,12H,8-9H2,1H3,(H,34,35). The largest absolute Gasteiger partial charge is 0.491 e. The molecular formula is C26H16Cl2N4O4S.